The van der Waals surface area contributed by atoms with Gasteiger partial charge in [-0.2, -0.15) is 18.6 Å². The molecule has 0 fully saturated rings. The summed E-state index contributed by atoms with van der Waals surface area (Å²) < 4.78 is 47.8. The highest BCUT2D eigenvalue weighted by Crippen LogP contribution is 2.25. The summed E-state index contributed by atoms with van der Waals surface area (Å²) in [5, 5.41) is 12.1. The van der Waals surface area contributed by atoms with Crippen LogP contribution < -0.4 is 5.56 Å². The summed E-state index contributed by atoms with van der Waals surface area (Å²) in [6.07, 6.45) is 2.10. The van der Waals surface area contributed by atoms with Crippen molar-refractivity contribution in [2.75, 3.05) is 0 Å². The summed E-state index contributed by atoms with van der Waals surface area (Å²) in [6, 6.07) is 11.7. The first-order valence-electron chi connectivity index (χ1n) is 10.2. The van der Waals surface area contributed by atoms with Crippen LogP contribution in [0.2, 0.25) is 0 Å². The van der Waals surface area contributed by atoms with Crippen LogP contribution in [0, 0.1) is 5.82 Å². The number of amides is 1. The van der Waals surface area contributed by atoms with Crippen molar-refractivity contribution in [2.24, 2.45) is 7.05 Å². The van der Waals surface area contributed by atoms with Gasteiger partial charge in [0.1, 0.15) is 5.82 Å². The molecule has 2 aromatic heterocycles. The first-order valence-corrected chi connectivity index (χ1v) is 11.6. The minimum Gasteiger partial charge on any atom is -0.328 e. The number of H-pyrrole nitrogens is 1. The first kappa shape index (κ1) is 24.2. The van der Waals surface area contributed by atoms with E-state index in [1.807, 2.05) is 19.2 Å². The van der Waals surface area contributed by atoms with Gasteiger partial charge in [-0.05, 0) is 23.8 Å². The lowest BCUT2D eigenvalue weighted by atomic mass is 10.0. The summed E-state index contributed by atoms with van der Waals surface area (Å²) >= 11 is 0. The number of carbonyl (C=O) groups is 1. The number of benzene rings is 2. The number of halogens is 1. The van der Waals surface area contributed by atoms with Crippen molar-refractivity contribution < 1.29 is 26.7 Å². The van der Waals surface area contributed by atoms with Crippen LogP contribution in [0.1, 0.15) is 32.9 Å². The predicted octanol–water partition coefficient (Wildman–Crippen LogP) is 1.89. The second-order valence-electron chi connectivity index (χ2n) is 7.89. The Morgan fingerprint density at radius 1 is 1.14 bits per heavy atom. The van der Waals surface area contributed by atoms with Crippen molar-refractivity contribution in [3.8, 4) is 0 Å². The number of hydrogen-bond donors (Lipinski definition) is 3. The van der Waals surface area contributed by atoms with E-state index >= 15 is 0 Å². The fourth-order valence-corrected chi connectivity index (χ4v) is 3.95. The van der Waals surface area contributed by atoms with E-state index in [0.717, 1.165) is 22.2 Å². The minimum absolute atomic E-state index is 0.0296. The Kier molecular flexibility index (Phi) is 6.47. The number of aromatic amines is 1. The second-order valence-corrected chi connectivity index (χ2v) is 8.78. The number of hydrogen-bond acceptors (Lipinski definition) is 6. The van der Waals surface area contributed by atoms with Crippen LogP contribution in [0.25, 0.3) is 10.8 Å². The average molecular weight is 501 g/mol. The highest BCUT2D eigenvalue weighted by Gasteiger charge is 2.28. The van der Waals surface area contributed by atoms with E-state index in [2.05, 4.69) is 15.3 Å². The van der Waals surface area contributed by atoms with E-state index in [1.165, 1.54) is 6.07 Å². The van der Waals surface area contributed by atoms with Gasteiger partial charge in [0.2, 0.25) is 0 Å². The molecule has 182 valence electrons. The summed E-state index contributed by atoms with van der Waals surface area (Å²) in [5.74, 6) is -0.915. The Morgan fingerprint density at radius 2 is 1.83 bits per heavy atom. The van der Waals surface area contributed by atoms with Gasteiger partial charge in [0, 0.05) is 31.0 Å². The van der Waals surface area contributed by atoms with Crippen LogP contribution >= 0.6 is 0 Å². The zero-order chi connectivity index (χ0) is 25.3. The highest BCUT2D eigenvalue weighted by molar-refractivity contribution is 7.79. The van der Waals surface area contributed by atoms with Gasteiger partial charge in [-0.15, -0.1) is 0 Å². The molecule has 3 heterocycles. The molecular weight excluding hydrogens is 481 g/mol. The molecule has 0 saturated heterocycles. The third-order valence-electron chi connectivity index (χ3n) is 5.54. The van der Waals surface area contributed by atoms with Crippen molar-refractivity contribution in [1.82, 2.24) is 24.9 Å². The second kappa shape index (κ2) is 9.37. The molecule has 1 amide bonds. The van der Waals surface area contributed by atoms with E-state index < -0.39 is 16.2 Å². The van der Waals surface area contributed by atoms with Gasteiger partial charge in [-0.25, -0.2) is 9.49 Å². The number of fused-ring (bicyclic) bond motifs is 2. The Hall–Kier alpha value is -3.94. The lowest BCUT2D eigenvalue weighted by molar-refractivity contribution is 0.0743. The van der Waals surface area contributed by atoms with E-state index in [1.54, 1.807) is 40.0 Å². The maximum absolute atomic E-state index is 14.5. The predicted molar refractivity (Wildman–Crippen MR) is 123 cm³/mol. The van der Waals surface area contributed by atoms with Gasteiger partial charge in [0.15, 0.2) is 0 Å². The van der Waals surface area contributed by atoms with Crippen LogP contribution in [-0.2, 0) is 37.0 Å². The molecule has 5 rings (SSSR count). The Bertz CT molecular complexity index is 1590. The van der Waals surface area contributed by atoms with E-state index in [0.29, 0.717) is 30.6 Å². The third-order valence-corrected chi connectivity index (χ3v) is 5.54. The molecule has 35 heavy (non-hydrogen) atoms. The molecule has 4 aromatic rings. The SMILES string of the molecule is Cn1ncc2c1CN(C(=O)c1cc(Cc3n[nH]c(=O)c4ccccc34)ccc1F)C2.O=S(=O)(O)O. The van der Waals surface area contributed by atoms with Gasteiger partial charge < -0.3 is 4.90 Å². The molecule has 0 radical (unpaired) electrons. The number of nitrogens with one attached hydrogen (secondary N) is 1. The van der Waals surface area contributed by atoms with Crippen molar-refractivity contribution in [1.29, 1.82) is 0 Å². The molecule has 11 nitrogen and oxygen atoms in total. The van der Waals surface area contributed by atoms with E-state index in [-0.39, 0.29) is 17.0 Å². The molecule has 13 heteroatoms. The first-order chi connectivity index (χ1) is 16.5. The smallest absolute Gasteiger partial charge is 0.328 e. The Morgan fingerprint density at radius 3 is 2.51 bits per heavy atom. The number of aromatic nitrogens is 4. The maximum atomic E-state index is 14.5. The fourth-order valence-electron chi connectivity index (χ4n) is 3.95. The highest BCUT2D eigenvalue weighted by atomic mass is 32.3. The third kappa shape index (κ3) is 5.42. The molecule has 2 aromatic carbocycles. The molecule has 0 aliphatic carbocycles. The number of aryl methyl sites for hydroxylation is 1. The van der Waals surface area contributed by atoms with Crippen LogP contribution in [0.5, 0.6) is 0 Å². The van der Waals surface area contributed by atoms with Gasteiger partial charge in [0.25, 0.3) is 11.5 Å². The normalized spacial score (nSPS) is 12.9. The topological polar surface area (TPSA) is 158 Å². The van der Waals surface area contributed by atoms with Gasteiger partial charge in [-0.1, -0.05) is 24.3 Å². The zero-order valence-electron chi connectivity index (χ0n) is 18.3. The standard InChI is InChI=1S/C22H18FN5O2.H2O4S/c1-27-20-12-28(11-14(20)10-24-27)22(30)17-8-13(6-7-18(17)23)9-19-15-4-2-3-5-16(15)21(29)26-25-19;1-5(2,3)4/h2-8,10H,9,11-12H2,1H3,(H,26,29);(H2,1,2,3,4). The largest absolute Gasteiger partial charge is 0.394 e. The van der Waals surface area contributed by atoms with Crippen molar-refractivity contribution in [3.63, 3.8) is 0 Å². The average Bonchev–Trinajstić information content (AvgIpc) is 3.37. The molecule has 0 unspecified atom stereocenters. The van der Waals surface area contributed by atoms with E-state index in [9.17, 15) is 14.0 Å². The summed E-state index contributed by atoms with van der Waals surface area (Å²) in [6.45, 7) is 0.818. The molecule has 0 spiro atoms. The number of rotatable bonds is 3. The number of nitrogens with zero attached hydrogens (tertiary/aromatic N) is 4. The lowest BCUT2D eigenvalue weighted by Crippen LogP contribution is -2.27. The quantitative estimate of drug-likeness (QED) is 0.359. The van der Waals surface area contributed by atoms with Crippen molar-refractivity contribution in [3.05, 3.63) is 92.9 Å². The van der Waals surface area contributed by atoms with Gasteiger partial charge in [0.05, 0.1) is 35.1 Å². The van der Waals surface area contributed by atoms with Crippen molar-refractivity contribution in [2.45, 2.75) is 19.5 Å². The summed E-state index contributed by atoms with van der Waals surface area (Å²) in [4.78, 5) is 26.6. The molecule has 1 aliphatic heterocycles. The summed E-state index contributed by atoms with van der Waals surface area (Å²) in [5.41, 5.74) is 3.11. The molecule has 0 saturated carbocycles. The fraction of sp³-hybridized carbons (Fsp3) is 0.182. The van der Waals surface area contributed by atoms with Gasteiger partial charge >= 0.3 is 10.4 Å². The Labute approximate surface area is 198 Å². The monoisotopic (exact) mass is 501 g/mol. The molecule has 0 bridgehead atoms. The van der Waals surface area contributed by atoms with Crippen molar-refractivity contribution >= 4 is 27.1 Å². The van der Waals surface area contributed by atoms with Crippen LogP contribution in [0.4, 0.5) is 4.39 Å². The maximum Gasteiger partial charge on any atom is 0.394 e. The minimum atomic E-state index is -4.67. The summed E-state index contributed by atoms with van der Waals surface area (Å²) in [7, 11) is -2.84. The molecule has 3 N–H and O–H groups in total. The molecular formula is C22H20FN5O6S. The lowest BCUT2D eigenvalue weighted by Gasteiger charge is -2.17. The molecule has 0 atom stereocenters. The number of carbonyl (C=O) groups excluding carboxylic acids is 1. The molecule has 1 aliphatic rings. The zero-order valence-corrected chi connectivity index (χ0v) is 19.2. The van der Waals surface area contributed by atoms with E-state index in [4.69, 9.17) is 17.5 Å². The van der Waals surface area contributed by atoms with Crippen LogP contribution in [-0.4, -0.2) is 48.3 Å². The van der Waals surface area contributed by atoms with Crippen LogP contribution in [0.3, 0.4) is 0 Å². The van der Waals surface area contributed by atoms with Crippen LogP contribution in [0.15, 0.2) is 53.5 Å². The van der Waals surface area contributed by atoms with Gasteiger partial charge in [-0.3, -0.25) is 23.4 Å². The Balaban J connectivity index is 0.000000527.